The summed E-state index contributed by atoms with van der Waals surface area (Å²) in [7, 11) is -2.22. The molecule has 0 heterocycles. The van der Waals surface area contributed by atoms with E-state index in [-0.39, 0.29) is 12.5 Å². The zero-order valence-electron chi connectivity index (χ0n) is 20.2. The quantitative estimate of drug-likeness (QED) is 0.459. The summed E-state index contributed by atoms with van der Waals surface area (Å²) >= 11 is 3.41. The second-order valence-electron chi connectivity index (χ2n) is 7.89. The molecule has 2 aromatic rings. The van der Waals surface area contributed by atoms with Crippen LogP contribution in [0.5, 0.6) is 5.75 Å². The normalized spacial score (nSPS) is 12.1. The highest BCUT2D eigenvalue weighted by atomic mass is 79.9. The molecule has 2 amide bonds. The summed E-state index contributed by atoms with van der Waals surface area (Å²) in [6.07, 6.45) is 1.43. The van der Waals surface area contributed by atoms with E-state index >= 15 is 0 Å². The molecule has 0 unspecified atom stereocenters. The molecule has 2 aromatic carbocycles. The number of benzene rings is 2. The minimum atomic E-state index is -3.77. The van der Waals surface area contributed by atoms with E-state index in [1.807, 2.05) is 19.9 Å². The van der Waals surface area contributed by atoms with Gasteiger partial charge in [0.25, 0.3) is 0 Å². The number of carbonyl (C=O) groups excluding carboxylic acids is 2. The van der Waals surface area contributed by atoms with Gasteiger partial charge in [-0.3, -0.25) is 13.9 Å². The van der Waals surface area contributed by atoms with Crippen molar-refractivity contribution < 1.29 is 22.7 Å². The van der Waals surface area contributed by atoms with Gasteiger partial charge in [-0.05, 0) is 61.7 Å². The van der Waals surface area contributed by atoms with Crippen molar-refractivity contribution in [3.05, 3.63) is 58.1 Å². The number of aryl methyl sites for hydroxylation is 1. The molecule has 0 saturated carbocycles. The lowest BCUT2D eigenvalue weighted by atomic mass is 10.1. The maximum Gasteiger partial charge on any atom is 0.244 e. The fraction of sp³-hybridized carbons (Fsp3) is 0.417. The summed E-state index contributed by atoms with van der Waals surface area (Å²) in [6.45, 7) is 5.58. The Labute approximate surface area is 210 Å². The van der Waals surface area contributed by atoms with Crippen molar-refractivity contribution in [3.8, 4) is 5.75 Å². The lowest BCUT2D eigenvalue weighted by Gasteiger charge is -2.33. The van der Waals surface area contributed by atoms with Gasteiger partial charge in [0.05, 0.1) is 19.1 Å². The highest BCUT2D eigenvalue weighted by molar-refractivity contribution is 9.10. The number of methoxy groups -OCH3 is 1. The number of hydrogen-bond acceptors (Lipinski definition) is 5. The Balaban J connectivity index is 2.46. The molecule has 0 saturated heterocycles. The van der Waals surface area contributed by atoms with Crippen LogP contribution in [-0.2, 0) is 26.2 Å². The fourth-order valence-corrected chi connectivity index (χ4v) is 4.66. The highest BCUT2D eigenvalue weighted by Crippen LogP contribution is 2.25. The van der Waals surface area contributed by atoms with Crippen LogP contribution in [0.25, 0.3) is 0 Å². The van der Waals surface area contributed by atoms with Crippen LogP contribution in [0.4, 0.5) is 5.69 Å². The van der Waals surface area contributed by atoms with E-state index in [1.54, 1.807) is 50.4 Å². The Bertz CT molecular complexity index is 1120. The maximum absolute atomic E-state index is 13.6. The third-order valence-electron chi connectivity index (χ3n) is 5.33. The second-order valence-corrected chi connectivity index (χ2v) is 10.7. The Morgan fingerprint density at radius 1 is 1.15 bits per heavy atom. The second kappa shape index (κ2) is 12.2. The molecule has 0 aliphatic heterocycles. The predicted molar refractivity (Wildman–Crippen MR) is 137 cm³/mol. The van der Waals surface area contributed by atoms with Gasteiger partial charge < -0.3 is 15.0 Å². The summed E-state index contributed by atoms with van der Waals surface area (Å²) in [5.41, 5.74) is 1.98. The molecule has 8 nitrogen and oxygen atoms in total. The molecule has 10 heteroatoms. The van der Waals surface area contributed by atoms with Crippen molar-refractivity contribution in [1.29, 1.82) is 0 Å². The van der Waals surface area contributed by atoms with E-state index in [9.17, 15) is 18.0 Å². The van der Waals surface area contributed by atoms with E-state index in [0.29, 0.717) is 24.4 Å². The maximum atomic E-state index is 13.6. The number of nitrogens with one attached hydrogen (secondary N) is 1. The van der Waals surface area contributed by atoms with Crippen LogP contribution in [0.1, 0.15) is 31.4 Å². The van der Waals surface area contributed by atoms with Crippen LogP contribution in [0.2, 0.25) is 0 Å². The monoisotopic (exact) mass is 553 g/mol. The third-order valence-corrected chi connectivity index (χ3v) is 7.36. The smallest absolute Gasteiger partial charge is 0.244 e. The first kappa shape index (κ1) is 27.7. The molecule has 2 rings (SSSR count). The zero-order chi connectivity index (χ0) is 25.5. The van der Waals surface area contributed by atoms with Crippen molar-refractivity contribution in [3.63, 3.8) is 0 Å². The van der Waals surface area contributed by atoms with Crippen LogP contribution < -0.4 is 14.4 Å². The molecular weight excluding hydrogens is 522 g/mol. The van der Waals surface area contributed by atoms with Crippen LogP contribution in [-0.4, -0.2) is 57.6 Å². The highest BCUT2D eigenvalue weighted by Gasteiger charge is 2.31. The molecule has 0 radical (unpaired) electrons. The van der Waals surface area contributed by atoms with Gasteiger partial charge in [-0.25, -0.2) is 8.42 Å². The first-order valence-electron chi connectivity index (χ1n) is 11.0. The molecule has 186 valence electrons. The Hall–Kier alpha value is -2.59. The summed E-state index contributed by atoms with van der Waals surface area (Å²) in [5, 5.41) is 2.77. The van der Waals surface area contributed by atoms with Crippen molar-refractivity contribution in [1.82, 2.24) is 10.2 Å². The lowest BCUT2D eigenvalue weighted by Crippen LogP contribution is -2.52. The summed E-state index contributed by atoms with van der Waals surface area (Å²) in [6, 6.07) is 11.5. The molecule has 0 fully saturated rings. The summed E-state index contributed by atoms with van der Waals surface area (Å²) < 4.78 is 32.5. The van der Waals surface area contributed by atoms with Gasteiger partial charge >= 0.3 is 0 Å². The van der Waals surface area contributed by atoms with E-state index < -0.39 is 28.5 Å². The van der Waals surface area contributed by atoms with Gasteiger partial charge in [-0.2, -0.15) is 0 Å². The third kappa shape index (κ3) is 7.20. The number of halogens is 1. The minimum absolute atomic E-state index is 0.128. The van der Waals surface area contributed by atoms with Crippen LogP contribution in [0, 0.1) is 6.92 Å². The minimum Gasteiger partial charge on any atom is -0.497 e. The number of carbonyl (C=O) groups is 2. The summed E-state index contributed by atoms with van der Waals surface area (Å²) in [5.74, 6) is -0.141. The number of sulfonamides is 1. The molecule has 0 bridgehead atoms. The Kier molecular flexibility index (Phi) is 9.93. The Morgan fingerprint density at radius 2 is 1.85 bits per heavy atom. The van der Waals surface area contributed by atoms with Crippen LogP contribution in [0.15, 0.2) is 46.9 Å². The van der Waals surface area contributed by atoms with Crippen LogP contribution >= 0.6 is 15.9 Å². The van der Waals surface area contributed by atoms with E-state index in [1.165, 1.54) is 4.90 Å². The average Bonchev–Trinajstić information content (AvgIpc) is 2.78. The molecule has 0 aliphatic carbocycles. The molecule has 0 aliphatic rings. The molecule has 1 atom stereocenters. The predicted octanol–water partition coefficient (Wildman–Crippen LogP) is 3.48. The molecule has 0 spiro atoms. The molecular formula is C24H32BrN3O5S. The first-order chi connectivity index (χ1) is 16.0. The number of likely N-dealkylation sites (N-methyl/N-ethyl adjacent to an activating group) is 1. The number of rotatable bonds is 11. The number of ether oxygens (including phenoxy) is 1. The van der Waals surface area contributed by atoms with Crippen molar-refractivity contribution >= 4 is 43.5 Å². The first-order valence-corrected chi connectivity index (χ1v) is 13.6. The van der Waals surface area contributed by atoms with Gasteiger partial charge in [-0.1, -0.05) is 35.0 Å². The Morgan fingerprint density at radius 3 is 2.41 bits per heavy atom. The van der Waals surface area contributed by atoms with Gasteiger partial charge in [0, 0.05) is 17.6 Å². The largest absolute Gasteiger partial charge is 0.497 e. The van der Waals surface area contributed by atoms with Crippen molar-refractivity contribution in [2.24, 2.45) is 0 Å². The van der Waals surface area contributed by atoms with E-state index in [2.05, 4.69) is 21.2 Å². The van der Waals surface area contributed by atoms with Crippen molar-refractivity contribution in [2.45, 2.75) is 39.8 Å². The number of hydrogen-bond donors (Lipinski definition) is 1. The fourth-order valence-electron chi connectivity index (χ4n) is 3.58. The number of anilines is 1. The van der Waals surface area contributed by atoms with Gasteiger partial charge in [0.1, 0.15) is 18.3 Å². The molecule has 34 heavy (non-hydrogen) atoms. The SMILES string of the molecule is CCNC(=O)[C@H](CC)N(Cc1cccc(OC)c1)C(=O)CN(c1ccc(Br)c(C)c1)S(C)(=O)=O. The van der Waals surface area contributed by atoms with Gasteiger partial charge in [0.15, 0.2) is 0 Å². The lowest BCUT2D eigenvalue weighted by molar-refractivity contribution is -0.140. The molecule has 1 N–H and O–H groups in total. The number of amides is 2. The standard InChI is InChI=1S/C24H32BrN3O5S/c1-6-22(24(30)26-7-2)27(15-18-9-8-10-20(14-18)33-4)23(29)16-28(34(5,31)32)19-11-12-21(25)17(3)13-19/h8-14,22H,6-7,15-16H2,1-5H3,(H,26,30)/t22-/m0/s1. The van der Waals surface area contributed by atoms with Crippen LogP contribution in [0.3, 0.4) is 0 Å². The van der Waals surface area contributed by atoms with E-state index in [4.69, 9.17) is 4.74 Å². The van der Waals surface area contributed by atoms with Gasteiger partial charge in [0.2, 0.25) is 21.8 Å². The zero-order valence-corrected chi connectivity index (χ0v) is 22.6. The van der Waals surface area contributed by atoms with E-state index in [0.717, 1.165) is 26.2 Å². The topological polar surface area (TPSA) is 96.0 Å². The number of nitrogens with zero attached hydrogens (tertiary/aromatic N) is 2. The molecule has 0 aromatic heterocycles. The van der Waals surface area contributed by atoms with Gasteiger partial charge in [-0.15, -0.1) is 0 Å². The summed E-state index contributed by atoms with van der Waals surface area (Å²) in [4.78, 5) is 27.8. The van der Waals surface area contributed by atoms with Crippen molar-refractivity contribution in [2.75, 3.05) is 30.8 Å². The average molecular weight is 555 g/mol.